The highest BCUT2D eigenvalue weighted by atomic mass is 79.9. The summed E-state index contributed by atoms with van der Waals surface area (Å²) >= 11 is 3.50. The van der Waals surface area contributed by atoms with Gasteiger partial charge in [0.1, 0.15) is 0 Å². The number of aromatic nitrogens is 2. The molecule has 2 fully saturated rings. The molecule has 0 spiro atoms. The smallest absolute Gasteiger partial charge is 0.0718 e. The van der Waals surface area contributed by atoms with Crippen LogP contribution in [0.5, 0.6) is 0 Å². The highest BCUT2D eigenvalue weighted by Crippen LogP contribution is 2.27. The summed E-state index contributed by atoms with van der Waals surface area (Å²) in [6, 6.07) is 6.96. The van der Waals surface area contributed by atoms with Crippen LogP contribution in [0.25, 0.3) is 10.9 Å². The molecule has 2 aliphatic heterocycles. The molecule has 2 atom stereocenters. The van der Waals surface area contributed by atoms with Gasteiger partial charge in [-0.1, -0.05) is 15.9 Å². The average Bonchev–Trinajstić information content (AvgIpc) is 3.10. The molecular weight excluding hydrogens is 306 g/mol. The molecule has 0 N–H and O–H groups in total. The molecule has 0 amide bonds. The lowest BCUT2D eigenvalue weighted by molar-refractivity contribution is 0.0291. The summed E-state index contributed by atoms with van der Waals surface area (Å²) in [7, 11) is 0. The van der Waals surface area contributed by atoms with Crippen LogP contribution in [-0.4, -0.2) is 46.5 Å². The van der Waals surface area contributed by atoms with Crippen molar-refractivity contribution in [2.75, 3.05) is 19.7 Å². The molecular formula is C14H16BrN3O. The van der Waals surface area contributed by atoms with Gasteiger partial charge in [0.25, 0.3) is 0 Å². The van der Waals surface area contributed by atoms with E-state index in [0.29, 0.717) is 12.1 Å². The van der Waals surface area contributed by atoms with Crippen LogP contribution in [-0.2, 0) is 11.3 Å². The van der Waals surface area contributed by atoms with Gasteiger partial charge in [-0.05, 0) is 24.6 Å². The normalized spacial score (nSPS) is 26.6. The lowest BCUT2D eigenvalue weighted by atomic mass is 10.2. The van der Waals surface area contributed by atoms with Crippen LogP contribution in [0.2, 0.25) is 0 Å². The van der Waals surface area contributed by atoms with Gasteiger partial charge in [0, 0.05) is 29.0 Å². The number of ether oxygens (including phenoxy) is 1. The molecule has 4 nitrogen and oxygen atoms in total. The Morgan fingerprint density at radius 2 is 2.32 bits per heavy atom. The highest BCUT2D eigenvalue weighted by Gasteiger charge is 2.38. The third kappa shape index (κ3) is 2.10. The molecule has 19 heavy (non-hydrogen) atoms. The first-order valence-corrected chi connectivity index (χ1v) is 7.55. The zero-order valence-corrected chi connectivity index (χ0v) is 12.2. The lowest BCUT2D eigenvalue weighted by Gasteiger charge is -2.26. The first-order valence-electron chi connectivity index (χ1n) is 6.76. The second kappa shape index (κ2) is 4.58. The number of likely N-dealkylation sites (tertiary alicyclic amines) is 1. The van der Waals surface area contributed by atoms with Gasteiger partial charge in [0.15, 0.2) is 0 Å². The van der Waals surface area contributed by atoms with Crippen molar-refractivity contribution in [2.24, 2.45) is 0 Å². The predicted octanol–water partition coefficient (Wildman–Crippen LogP) is 2.27. The van der Waals surface area contributed by atoms with Crippen molar-refractivity contribution in [3.63, 3.8) is 0 Å². The van der Waals surface area contributed by atoms with Crippen LogP contribution in [0, 0.1) is 0 Å². The van der Waals surface area contributed by atoms with Gasteiger partial charge in [0.05, 0.1) is 31.0 Å². The fourth-order valence-corrected chi connectivity index (χ4v) is 3.59. The number of fused-ring (bicyclic) bond motifs is 3. The molecule has 1 aromatic carbocycles. The van der Waals surface area contributed by atoms with E-state index in [4.69, 9.17) is 4.74 Å². The van der Waals surface area contributed by atoms with Gasteiger partial charge in [0.2, 0.25) is 0 Å². The summed E-state index contributed by atoms with van der Waals surface area (Å²) in [6.07, 6.45) is 3.64. The van der Waals surface area contributed by atoms with Crippen LogP contribution >= 0.6 is 15.9 Å². The Morgan fingerprint density at radius 1 is 1.37 bits per heavy atom. The maximum absolute atomic E-state index is 5.63. The Hall–Kier alpha value is -0.910. The van der Waals surface area contributed by atoms with E-state index in [1.807, 2.05) is 6.20 Å². The molecule has 2 aliphatic rings. The SMILES string of the molecule is Brc1ccc2c(cnn2CCN2C[C@@H]3C[C@H]2CO3)c1. The fraction of sp³-hybridized carbons (Fsp3) is 0.500. The van der Waals surface area contributed by atoms with E-state index in [1.54, 1.807) is 0 Å². The first-order chi connectivity index (χ1) is 9.29. The second-order valence-electron chi connectivity index (χ2n) is 5.41. The Balaban J connectivity index is 1.49. The Bertz CT molecular complexity index is 612. The van der Waals surface area contributed by atoms with E-state index in [2.05, 4.69) is 48.8 Å². The number of hydrogen-bond acceptors (Lipinski definition) is 3. The standard InChI is InChI=1S/C14H16BrN3O/c15-11-1-2-14-10(5-11)7-16-18(14)4-3-17-8-13-6-12(17)9-19-13/h1-2,5,7,12-13H,3-4,6,8-9H2/t12-,13-/m0/s1. The quantitative estimate of drug-likeness (QED) is 0.868. The molecule has 5 heteroatoms. The van der Waals surface area contributed by atoms with Gasteiger partial charge in [-0.25, -0.2) is 0 Å². The fourth-order valence-electron chi connectivity index (χ4n) is 3.21. The number of nitrogens with zero attached hydrogens (tertiary/aromatic N) is 3. The lowest BCUT2D eigenvalue weighted by Crippen LogP contribution is -2.38. The molecule has 2 bridgehead atoms. The largest absolute Gasteiger partial charge is 0.375 e. The Kier molecular flexibility index (Phi) is 2.86. The molecule has 4 rings (SSSR count). The topological polar surface area (TPSA) is 30.3 Å². The third-order valence-corrected chi connectivity index (χ3v) is 4.71. The minimum Gasteiger partial charge on any atom is -0.375 e. The van der Waals surface area contributed by atoms with E-state index in [9.17, 15) is 0 Å². The van der Waals surface area contributed by atoms with Crippen molar-refractivity contribution in [3.8, 4) is 0 Å². The summed E-state index contributed by atoms with van der Waals surface area (Å²) in [4.78, 5) is 2.54. The van der Waals surface area contributed by atoms with E-state index in [-0.39, 0.29) is 0 Å². The van der Waals surface area contributed by atoms with Gasteiger partial charge < -0.3 is 4.74 Å². The van der Waals surface area contributed by atoms with Crippen molar-refractivity contribution in [1.29, 1.82) is 0 Å². The van der Waals surface area contributed by atoms with Crippen molar-refractivity contribution in [2.45, 2.75) is 25.1 Å². The summed E-state index contributed by atoms with van der Waals surface area (Å²) < 4.78 is 8.84. The maximum Gasteiger partial charge on any atom is 0.0718 e. The molecule has 0 unspecified atom stereocenters. The minimum atomic E-state index is 0.482. The molecule has 0 saturated carbocycles. The third-order valence-electron chi connectivity index (χ3n) is 4.22. The van der Waals surface area contributed by atoms with Crippen LogP contribution in [0.15, 0.2) is 28.9 Å². The maximum atomic E-state index is 5.63. The molecule has 0 aliphatic carbocycles. The summed E-state index contributed by atoms with van der Waals surface area (Å²) in [6.45, 7) is 4.03. The summed E-state index contributed by atoms with van der Waals surface area (Å²) in [5, 5.41) is 5.69. The van der Waals surface area contributed by atoms with Crippen molar-refractivity contribution in [3.05, 3.63) is 28.9 Å². The van der Waals surface area contributed by atoms with Gasteiger partial charge in [-0.3, -0.25) is 9.58 Å². The summed E-state index contributed by atoms with van der Waals surface area (Å²) in [5.41, 5.74) is 1.21. The zero-order chi connectivity index (χ0) is 12.8. The average molecular weight is 322 g/mol. The molecule has 0 radical (unpaired) electrons. The van der Waals surface area contributed by atoms with Crippen LogP contribution < -0.4 is 0 Å². The number of hydrogen-bond donors (Lipinski definition) is 0. The zero-order valence-electron chi connectivity index (χ0n) is 10.6. The van der Waals surface area contributed by atoms with E-state index in [0.717, 1.165) is 30.7 Å². The molecule has 1 aromatic heterocycles. The molecule has 2 saturated heterocycles. The van der Waals surface area contributed by atoms with Crippen molar-refractivity contribution < 1.29 is 4.74 Å². The Labute approximate surface area is 120 Å². The first kappa shape index (κ1) is 11.9. The molecule has 100 valence electrons. The second-order valence-corrected chi connectivity index (χ2v) is 6.33. The van der Waals surface area contributed by atoms with Gasteiger partial charge >= 0.3 is 0 Å². The van der Waals surface area contributed by atoms with Gasteiger partial charge in [-0.2, -0.15) is 5.10 Å². The number of morpholine rings is 1. The minimum absolute atomic E-state index is 0.482. The monoisotopic (exact) mass is 321 g/mol. The van der Waals surface area contributed by atoms with Crippen LogP contribution in [0.4, 0.5) is 0 Å². The van der Waals surface area contributed by atoms with E-state index in [1.165, 1.54) is 17.3 Å². The highest BCUT2D eigenvalue weighted by molar-refractivity contribution is 9.10. The van der Waals surface area contributed by atoms with Crippen LogP contribution in [0.1, 0.15) is 6.42 Å². The van der Waals surface area contributed by atoms with E-state index < -0.39 is 0 Å². The number of benzene rings is 1. The van der Waals surface area contributed by atoms with Crippen LogP contribution in [0.3, 0.4) is 0 Å². The predicted molar refractivity (Wildman–Crippen MR) is 77.2 cm³/mol. The van der Waals surface area contributed by atoms with Gasteiger partial charge in [-0.15, -0.1) is 0 Å². The van der Waals surface area contributed by atoms with Crippen molar-refractivity contribution in [1.82, 2.24) is 14.7 Å². The van der Waals surface area contributed by atoms with E-state index >= 15 is 0 Å². The van der Waals surface area contributed by atoms with Crippen molar-refractivity contribution >= 4 is 26.8 Å². The molecule has 3 heterocycles. The molecule has 2 aromatic rings. The number of rotatable bonds is 3. The number of halogens is 1. The summed E-state index contributed by atoms with van der Waals surface area (Å²) in [5.74, 6) is 0. The Morgan fingerprint density at radius 3 is 3.11 bits per heavy atom.